The fourth-order valence-electron chi connectivity index (χ4n) is 2.32. The summed E-state index contributed by atoms with van der Waals surface area (Å²) in [5, 5.41) is 12.1. The maximum atomic E-state index is 12.2. The van der Waals surface area contributed by atoms with Gasteiger partial charge in [0.25, 0.3) is 0 Å². The van der Waals surface area contributed by atoms with Crippen LogP contribution in [0.5, 0.6) is 0 Å². The number of hydrogen-bond donors (Lipinski definition) is 1. The Labute approximate surface area is 107 Å². The molecule has 1 heterocycles. The number of aryl methyl sites for hydroxylation is 1. The standard InChI is InChI=1S/C14H17N3O/c1-3-16-12-6-7-17(14(12)18)13-8-11(9-15)5-4-10(13)2/h4-5,8,12,16H,3,6-7H2,1-2H3. The summed E-state index contributed by atoms with van der Waals surface area (Å²) in [5.74, 6) is 0.107. The van der Waals surface area contributed by atoms with Crippen molar-refractivity contribution in [1.29, 1.82) is 5.26 Å². The molecule has 0 radical (unpaired) electrons. The monoisotopic (exact) mass is 243 g/mol. The van der Waals surface area contributed by atoms with E-state index >= 15 is 0 Å². The van der Waals surface area contributed by atoms with Gasteiger partial charge in [-0.1, -0.05) is 13.0 Å². The number of likely N-dealkylation sites (N-methyl/N-ethyl adjacent to an activating group) is 1. The number of carbonyl (C=O) groups excluding carboxylic acids is 1. The lowest BCUT2D eigenvalue weighted by atomic mass is 10.1. The van der Waals surface area contributed by atoms with E-state index in [0.717, 1.165) is 24.2 Å². The second-order valence-electron chi connectivity index (χ2n) is 4.50. The topological polar surface area (TPSA) is 56.1 Å². The molecule has 18 heavy (non-hydrogen) atoms. The van der Waals surface area contributed by atoms with Crippen LogP contribution in [0.15, 0.2) is 18.2 Å². The number of nitriles is 1. The van der Waals surface area contributed by atoms with Crippen molar-refractivity contribution in [2.45, 2.75) is 26.3 Å². The summed E-state index contributed by atoms with van der Waals surface area (Å²) < 4.78 is 0. The summed E-state index contributed by atoms with van der Waals surface area (Å²) in [6.45, 7) is 5.47. The van der Waals surface area contributed by atoms with Crippen LogP contribution in [0.2, 0.25) is 0 Å². The molecule has 1 aliphatic rings. The maximum absolute atomic E-state index is 12.2. The third kappa shape index (κ3) is 2.22. The molecule has 1 aromatic rings. The van der Waals surface area contributed by atoms with Gasteiger partial charge in [0.15, 0.2) is 0 Å². The number of amides is 1. The van der Waals surface area contributed by atoms with Crippen LogP contribution in [-0.4, -0.2) is 25.0 Å². The summed E-state index contributed by atoms with van der Waals surface area (Å²) in [6, 6.07) is 7.50. The minimum atomic E-state index is -0.0832. The van der Waals surface area contributed by atoms with Gasteiger partial charge in [-0.05, 0) is 37.6 Å². The largest absolute Gasteiger partial charge is 0.311 e. The first-order chi connectivity index (χ1) is 8.67. The summed E-state index contributed by atoms with van der Waals surface area (Å²) in [7, 11) is 0. The Kier molecular flexibility index (Phi) is 3.63. The lowest BCUT2D eigenvalue weighted by Crippen LogP contribution is -2.38. The van der Waals surface area contributed by atoms with Gasteiger partial charge in [-0.15, -0.1) is 0 Å². The highest BCUT2D eigenvalue weighted by atomic mass is 16.2. The van der Waals surface area contributed by atoms with E-state index in [1.165, 1.54) is 0 Å². The molecule has 2 rings (SSSR count). The number of rotatable bonds is 3. The number of benzene rings is 1. The molecule has 0 aromatic heterocycles. The first-order valence-corrected chi connectivity index (χ1v) is 6.23. The van der Waals surface area contributed by atoms with E-state index in [-0.39, 0.29) is 11.9 Å². The molecule has 1 N–H and O–H groups in total. The highest BCUT2D eigenvalue weighted by Gasteiger charge is 2.32. The molecule has 1 fully saturated rings. The molecule has 4 heteroatoms. The average Bonchev–Trinajstić information content (AvgIpc) is 2.73. The lowest BCUT2D eigenvalue weighted by Gasteiger charge is -2.19. The molecule has 94 valence electrons. The molecule has 1 unspecified atom stereocenters. The van der Waals surface area contributed by atoms with Gasteiger partial charge in [-0.25, -0.2) is 0 Å². The zero-order valence-corrected chi connectivity index (χ0v) is 10.7. The van der Waals surface area contributed by atoms with Crippen molar-refractivity contribution >= 4 is 11.6 Å². The van der Waals surface area contributed by atoms with Crippen molar-refractivity contribution < 1.29 is 4.79 Å². The van der Waals surface area contributed by atoms with Crippen molar-refractivity contribution in [1.82, 2.24) is 5.32 Å². The van der Waals surface area contributed by atoms with Crippen LogP contribution >= 0.6 is 0 Å². The predicted molar refractivity (Wildman–Crippen MR) is 70.3 cm³/mol. The van der Waals surface area contributed by atoms with Gasteiger partial charge in [0.1, 0.15) is 0 Å². The van der Waals surface area contributed by atoms with Gasteiger partial charge in [-0.2, -0.15) is 5.26 Å². The molecule has 1 aromatic carbocycles. The van der Waals surface area contributed by atoms with Crippen LogP contribution in [0.25, 0.3) is 0 Å². The summed E-state index contributed by atoms with van der Waals surface area (Å²) in [5.41, 5.74) is 2.48. The molecule has 1 saturated heterocycles. The zero-order valence-electron chi connectivity index (χ0n) is 10.7. The second-order valence-corrected chi connectivity index (χ2v) is 4.50. The molecule has 0 saturated carbocycles. The van der Waals surface area contributed by atoms with E-state index in [1.807, 2.05) is 19.9 Å². The maximum Gasteiger partial charge on any atom is 0.244 e. The van der Waals surface area contributed by atoms with Crippen molar-refractivity contribution in [2.75, 3.05) is 18.0 Å². The average molecular weight is 243 g/mol. The summed E-state index contributed by atoms with van der Waals surface area (Å²) in [6.07, 6.45) is 0.822. The lowest BCUT2D eigenvalue weighted by molar-refractivity contribution is -0.118. The van der Waals surface area contributed by atoms with Crippen molar-refractivity contribution in [2.24, 2.45) is 0 Å². The van der Waals surface area contributed by atoms with Crippen molar-refractivity contribution in [3.8, 4) is 6.07 Å². The summed E-state index contributed by atoms with van der Waals surface area (Å²) >= 11 is 0. The fourth-order valence-corrected chi connectivity index (χ4v) is 2.32. The Morgan fingerprint density at radius 3 is 3.00 bits per heavy atom. The zero-order chi connectivity index (χ0) is 13.1. The van der Waals surface area contributed by atoms with Crippen LogP contribution in [0, 0.1) is 18.3 Å². The van der Waals surface area contributed by atoms with E-state index < -0.39 is 0 Å². The van der Waals surface area contributed by atoms with Crippen LogP contribution in [0.3, 0.4) is 0 Å². The molecule has 0 spiro atoms. The van der Waals surface area contributed by atoms with Gasteiger partial charge < -0.3 is 10.2 Å². The fraction of sp³-hybridized carbons (Fsp3) is 0.429. The number of carbonyl (C=O) groups is 1. The van der Waals surface area contributed by atoms with Crippen LogP contribution in [-0.2, 0) is 4.79 Å². The minimum Gasteiger partial charge on any atom is -0.311 e. The Balaban J connectivity index is 2.28. The molecular formula is C14H17N3O. The quantitative estimate of drug-likeness (QED) is 0.877. The third-order valence-electron chi connectivity index (χ3n) is 3.29. The van der Waals surface area contributed by atoms with E-state index in [9.17, 15) is 4.79 Å². The SMILES string of the molecule is CCNC1CCN(c2cc(C#N)ccc2C)C1=O. The summed E-state index contributed by atoms with van der Waals surface area (Å²) in [4.78, 5) is 14.0. The van der Waals surface area contributed by atoms with E-state index in [2.05, 4.69) is 11.4 Å². The Hall–Kier alpha value is -1.86. The van der Waals surface area contributed by atoms with Crippen LogP contribution in [0.4, 0.5) is 5.69 Å². The number of hydrogen-bond acceptors (Lipinski definition) is 3. The van der Waals surface area contributed by atoms with Gasteiger partial charge in [-0.3, -0.25) is 4.79 Å². The Bertz CT molecular complexity index is 504. The van der Waals surface area contributed by atoms with E-state index in [1.54, 1.807) is 17.0 Å². The Morgan fingerprint density at radius 1 is 1.56 bits per heavy atom. The normalized spacial score (nSPS) is 19.1. The predicted octanol–water partition coefficient (Wildman–Crippen LogP) is 1.58. The third-order valence-corrected chi connectivity index (χ3v) is 3.29. The Morgan fingerprint density at radius 2 is 2.33 bits per heavy atom. The van der Waals surface area contributed by atoms with Crippen LogP contribution < -0.4 is 10.2 Å². The minimum absolute atomic E-state index is 0.0832. The van der Waals surface area contributed by atoms with Crippen molar-refractivity contribution in [3.63, 3.8) is 0 Å². The van der Waals surface area contributed by atoms with Gasteiger partial charge in [0.05, 0.1) is 17.7 Å². The first-order valence-electron chi connectivity index (χ1n) is 6.23. The van der Waals surface area contributed by atoms with E-state index in [4.69, 9.17) is 5.26 Å². The van der Waals surface area contributed by atoms with E-state index in [0.29, 0.717) is 12.1 Å². The highest BCUT2D eigenvalue weighted by Crippen LogP contribution is 2.26. The molecule has 0 aliphatic carbocycles. The van der Waals surface area contributed by atoms with Crippen molar-refractivity contribution in [3.05, 3.63) is 29.3 Å². The second kappa shape index (κ2) is 5.19. The van der Waals surface area contributed by atoms with Gasteiger partial charge in [0.2, 0.25) is 5.91 Å². The first kappa shape index (κ1) is 12.6. The van der Waals surface area contributed by atoms with Gasteiger partial charge in [0, 0.05) is 12.2 Å². The number of nitrogens with zero attached hydrogens (tertiary/aromatic N) is 2. The smallest absolute Gasteiger partial charge is 0.244 e. The molecule has 1 amide bonds. The molecule has 4 nitrogen and oxygen atoms in total. The number of anilines is 1. The molecular weight excluding hydrogens is 226 g/mol. The molecule has 1 aliphatic heterocycles. The van der Waals surface area contributed by atoms with Gasteiger partial charge >= 0.3 is 0 Å². The molecule has 0 bridgehead atoms. The number of nitrogens with one attached hydrogen (secondary N) is 1. The highest BCUT2D eigenvalue weighted by molar-refractivity contribution is 6.00. The molecule has 1 atom stereocenters. The van der Waals surface area contributed by atoms with Crippen LogP contribution in [0.1, 0.15) is 24.5 Å².